The van der Waals surface area contributed by atoms with Crippen molar-refractivity contribution in [2.75, 3.05) is 0 Å². The number of nitrogens with zero attached hydrogens (tertiary/aromatic N) is 1. The second-order valence-corrected chi connectivity index (χ2v) is 5.27. The van der Waals surface area contributed by atoms with Gasteiger partial charge >= 0.3 is 0 Å². The maximum Gasteiger partial charge on any atom is 0.123 e. The van der Waals surface area contributed by atoms with Gasteiger partial charge in [0.2, 0.25) is 0 Å². The molecule has 1 heterocycles. The fraction of sp³-hybridized carbons (Fsp3) is 0.400. The SMILES string of the molecule is Cc1ccc(C)c(-c2cnc(C(N)C(C)C)[nH]2)c1. The molecule has 1 unspecified atom stereocenters. The van der Waals surface area contributed by atoms with Crippen molar-refractivity contribution in [1.29, 1.82) is 0 Å². The highest BCUT2D eigenvalue weighted by Crippen LogP contribution is 2.25. The average Bonchev–Trinajstić information content (AvgIpc) is 2.80. The Morgan fingerprint density at radius 2 is 1.94 bits per heavy atom. The van der Waals surface area contributed by atoms with E-state index in [1.807, 2.05) is 6.20 Å². The van der Waals surface area contributed by atoms with E-state index in [9.17, 15) is 0 Å². The highest BCUT2D eigenvalue weighted by molar-refractivity contribution is 5.63. The molecule has 1 atom stereocenters. The summed E-state index contributed by atoms with van der Waals surface area (Å²) in [5.41, 5.74) is 10.8. The fourth-order valence-corrected chi connectivity index (χ4v) is 1.98. The van der Waals surface area contributed by atoms with Gasteiger partial charge in [-0.2, -0.15) is 0 Å². The number of rotatable bonds is 3. The summed E-state index contributed by atoms with van der Waals surface area (Å²) < 4.78 is 0. The van der Waals surface area contributed by atoms with Gasteiger partial charge in [-0.25, -0.2) is 4.98 Å². The van der Waals surface area contributed by atoms with Crippen LogP contribution in [0.15, 0.2) is 24.4 Å². The van der Waals surface area contributed by atoms with E-state index < -0.39 is 0 Å². The lowest BCUT2D eigenvalue weighted by Crippen LogP contribution is -2.18. The van der Waals surface area contributed by atoms with Gasteiger partial charge in [0.05, 0.1) is 17.9 Å². The van der Waals surface area contributed by atoms with Gasteiger partial charge in [0.1, 0.15) is 5.82 Å². The van der Waals surface area contributed by atoms with Gasteiger partial charge in [-0.05, 0) is 31.4 Å². The molecule has 0 saturated heterocycles. The molecule has 3 N–H and O–H groups in total. The number of aromatic nitrogens is 2. The molecular formula is C15H21N3. The van der Waals surface area contributed by atoms with Crippen LogP contribution in [0.4, 0.5) is 0 Å². The summed E-state index contributed by atoms with van der Waals surface area (Å²) in [5, 5.41) is 0. The van der Waals surface area contributed by atoms with Crippen LogP contribution in [0.2, 0.25) is 0 Å². The molecule has 96 valence electrons. The molecule has 1 aromatic carbocycles. The maximum absolute atomic E-state index is 6.10. The van der Waals surface area contributed by atoms with Crippen LogP contribution < -0.4 is 5.73 Å². The lowest BCUT2D eigenvalue weighted by molar-refractivity contribution is 0.494. The van der Waals surface area contributed by atoms with E-state index >= 15 is 0 Å². The molecule has 0 spiro atoms. The van der Waals surface area contributed by atoms with E-state index in [-0.39, 0.29) is 6.04 Å². The zero-order valence-electron chi connectivity index (χ0n) is 11.5. The quantitative estimate of drug-likeness (QED) is 0.868. The van der Waals surface area contributed by atoms with E-state index in [0.717, 1.165) is 11.5 Å². The van der Waals surface area contributed by atoms with Crippen molar-refractivity contribution >= 4 is 0 Å². The molecule has 0 aliphatic carbocycles. The van der Waals surface area contributed by atoms with Gasteiger partial charge in [-0.3, -0.25) is 0 Å². The number of nitrogens with two attached hydrogens (primary N) is 1. The van der Waals surface area contributed by atoms with Gasteiger partial charge < -0.3 is 10.7 Å². The highest BCUT2D eigenvalue weighted by atomic mass is 15.0. The van der Waals surface area contributed by atoms with Gasteiger partial charge in [-0.15, -0.1) is 0 Å². The van der Waals surface area contributed by atoms with Crippen molar-refractivity contribution in [3.8, 4) is 11.3 Å². The lowest BCUT2D eigenvalue weighted by atomic mass is 10.0. The van der Waals surface area contributed by atoms with E-state index in [0.29, 0.717) is 5.92 Å². The molecule has 3 nitrogen and oxygen atoms in total. The molecule has 3 heteroatoms. The van der Waals surface area contributed by atoms with Gasteiger partial charge in [0.25, 0.3) is 0 Å². The summed E-state index contributed by atoms with van der Waals surface area (Å²) in [5.74, 6) is 1.24. The fourth-order valence-electron chi connectivity index (χ4n) is 1.98. The van der Waals surface area contributed by atoms with Crippen molar-refractivity contribution in [1.82, 2.24) is 9.97 Å². The Bertz CT molecular complexity index is 540. The summed E-state index contributed by atoms with van der Waals surface area (Å²) in [7, 11) is 0. The highest BCUT2D eigenvalue weighted by Gasteiger charge is 2.15. The van der Waals surface area contributed by atoms with Crippen molar-refractivity contribution in [2.45, 2.75) is 33.7 Å². The summed E-state index contributed by atoms with van der Waals surface area (Å²) in [6, 6.07) is 6.39. The first-order chi connectivity index (χ1) is 8.49. The molecule has 2 rings (SSSR count). The van der Waals surface area contributed by atoms with Gasteiger partial charge in [0, 0.05) is 5.56 Å². The molecule has 0 aliphatic rings. The van der Waals surface area contributed by atoms with Crippen LogP contribution in [0.1, 0.15) is 36.8 Å². The Balaban J connectivity index is 2.38. The van der Waals surface area contributed by atoms with Crippen molar-refractivity contribution < 1.29 is 0 Å². The number of hydrogen-bond donors (Lipinski definition) is 2. The number of H-pyrrole nitrogens is 1. The third-order valence-corrected chi connectivity index (χ3v) is 3.31. The van der Waals surface area contributed by atoms with Gasteiger partial charge in [0.15, 0.2) is 0 Å². The molecule has 0 fully saturated rings. The molecule has 1 aromatic heterocycles. The van der Waals surface area contributed by atoms with Crippen LogP contribution in [0.3, 0.4) is 0 Å². The Labute approximate surface area is 108 Å². The van der Waals surface area contributed by atoms with E-state index in [1.54, 1.807) is 0 Å². The Hall–Kier alpha value is -1.61. The van der Waals surface area contributed by atoms with Gasteiger partial charge in [-0.1, -0.05) is 31.5 Å². The number of benzene rings is 1. The summed E-state index contributed by atoms with van der Waals surface area (Å²) in [6.45, 7) is 8.41. The lowest BCUT2D eigenvalue weighted by Gasteiger charge is -2.12. The third-order valence-electron chi connectivity index (χ3n) is 3.31. The van der Waals surface area contributed by atoms with Crippen LogP contribution in [0.5, 0.6) is 0 Å². The Morgan fingerprint density at radius 3 is 2.61 bits per heavy atom. The summed E-state index contributed by atoms with van der Waals surface area (Å²) >= 11 is 0. The van der Waals surface area contributed by atoms with Crippen LogP contribution in [-0.2, 0) is 0 Å². The topological polar surface area (TPSA) is 54.7 Å². The first-order valence-electron chi connectivity index (χ1n) is 6.37. The number of aromatic amines is 1. The first kappa shape index (κ1) is 12.8. The minimum absolute atomic E-state index is 0.0381. The monoisotopic (exact) mass is 243 g/mol. The molecule has 0 radical (unpaired) electrons. The smallest absolute Gasteiger partial charge is 0.123 e. The molecule has 0 saturated carbocycles. The summed E-state index contributed by atoms with van der Waals surface area (Å²) in [4.78, 5) is 7.75. The zero-order valence-corrected chi connectivity index (χ0v) is 11.5. The van der Waals surface area contributed by atoms with Crippen LogP contribution in [-0.4, -0.2) is 9.97 Å². The number of aryl methyl sites for hydroxylation is 2. The molecule has 18 heavy (non-hydrogen) atoms. The molecule has 2 aromatic rings. The molecule has 0 bridgehead atoms. The predicted molar refractivity (Wildman–Crippen MR) is 75.3 cm³/mol. The standard InChI is InChI=1S/C15H21N3/c1-9(2)14(16)15-17-8-13(18-15)12-7-10(3)5-6-11(12)4/h5-9,14H,16H2,1-4H3,(H,17,18). The first-order valence-corrected chi connectivity index (χ1v) is 6.37. The number of nitrogens with one attached hydrogen (secondary N) is 1. The van der Waals surface area contributed by atoms with Crippen LogP contribution in [0.25, 0.3) is 11.3 Å². The van der Waals surface area contributed by atoms with E-state index in [1.165, 1.54) is 16.7 Å². The maximum atomic E-state index is 6.10. The summed E-state index contributed by atoms with van der Waals surface area (Å²) in [6.07, 6.45) is 1.87. The zero-order chi connectivity index (χ0) is 13.3. The Kier molecular flexibility index (Phi) is 3.53. The predicted octanol–water partition coefficient (Wildman–Crippen LogP) is 3.35. The molecule has 0 aliphatic heterocycles. The second-order valence-electron chi connectivity index (χ2n) is 5.27. The molecule has 0 amide bonds. The van der Waals surface area contributed by atoms with Crippen molar-refractivity contribution in [2.24, 2.45) is 11.7 Å². The van der Waals surface area contributed by atoms with Crippen molar-refractivity contribution in [3.05, 3.63) is 41.3 Å². The number of hydrogen-bond acceptors (Lipinski definition) is 2. The van der Waals surface area contributed by atoms with E-state index in [4.69, 9.17) is 5.73 Å². The van der Waals surface area contributed by atoms with E-state index in [2.05, 4.69) is 55.9 Å². The average molecular weight is 243 g/mol. The molecular weight excluding hydrogens is 222 g/mol. The van der Waals surface area contributed by atoms with Crippen LogP contribution in [0, 0.1) is 19.8 Å². The number of imidazole rings is 1. The van der Waals surface area contributed by atoms with Crippen LogP contribution >= 0.6 is 0 Å². The Morgan fingerprint density at radius 1 is 1.22 bits per heavy atom. The normalized spacial score (nSPS) is 13.0. The largest absolute Gasteiger partial charge is 0.341 e. The second kappa shape index (κ2) is 4.94. The minimum Gasteiger partial charge on any atom is -0.341 e. The minimum atomic E-state index is -0.0381. The van der Waals surface area contributed by atoms with Crippen molar-refractivity contribution in [3.63, 3.8) is 0 Å². The third kappa shape index (κ3) is 2.46.